The number of nitrogens with zero attached hydrogens (tertiary/aromatic N) is 5. The predicted octanol–water partition coefficient (Wildman–Crippen LogP) is 2.90. The van der Waals surface area contributed by atoms with Gasteiger partial charge in [-0.3, -0.25) is 9.36 Å². The highest BCUT2D eigenvalue weighted by Crippen LogP contribution is 2.39. The van der Waals surface area contributed by atoms with E-state index in [9.17, 15) is 4.79 Å². The van der Waals surface area contributed by atoms with Crippen LogP contribution in [0.2, 0.25) is 0 Å². The fourth-order valence-corrected chi connectivity index (χ4v) is 4.80. The van der Waals surface area contributed by atoms with Gasteiger partial charge in [-0.25, -0.2) is 0 Å². The van der Waals surface area contributed by atoms with Crippen molar-refractivity contribution >= 4 is 11.9 Å². The molecule has 2 aliphatic rings. The standard InChI is InChI=1S/C25H37N5O5/c1-17(2)14-28-9-10-29(16-22(28)31)25-27-26-24(19-8-6-7-11-35-19)30(25)15-18-12-20(32-3)23(34-5)21(13-18)33-4/h12-13,17,19H,6-11,14-16H2,1-5H3. The summed E-state index contributed by atoms with van der Waals surface area (Å²) in [6.07, 6.45) is 2.92. The minimum absolute atomic E-state index is 0.114. The quantitative estimate of drug-likeness (QED) is 0.533. The number of benzene rings is 1. The number of aromatic nitrogens is 3. The van der Waals surface area contributed by atoms with Crippen molar-refractivity contribution in [1.82, 2.24) is 19.7 Å². The highest BCUT2D eigenvalue weighted by molar-refractivity contribution is 5.82. The lowest BCUT2D eigenvalue weighted by Gasteiger charge is -2.35. The summed E-state index contributed by atoms with van der Waals surface area (Å²) in [6, 6.07) is 3.87. The van der Waals surface area contributed by atoms with Crippen LogP contribution < -0.4 is 19.1 Å². The Hall–Kier alpha value is -3.01. The number of carbonyl (C=O) groups is 1. The number of piperazine rings is 1. The van der Waals surface area contributed by atoms with Gasteiger partial charge in [0.15, 0.2) is 17.3 Å². The molecule has 0 radical (unpaired) electrons. The molecule has 2 aliphatic heterocycles. The molecule has 0 N–H and O–H groups in total. The second-order valence-corrected chi connectivity index (χ2v) is 9.49. The monoisotopic (exact) mass is 487 g/mol. The SMILES string of the molecule is COc1cc(Cn2c(C3CCCCO3)nnc2N2CCN(CC(C)C)C(=O)C2)cc(OC)c1OC. The Bertz CT molecular complexity index is 993. The number of hydrogen-bond acceptors (Lipinski definition) is 8. The number of amides is 1. The fourth-order valence-electron chi connectivity index (χ4n) is 4.80. The van der Waals surface area contributed by atoms with Crippen LogP contribution in [0.3, 0.4) is 0 Å². The van der Waals surface area contributed by atoms with Crippen molar-refractivity contribution in [2.75, 3.05) is 59.0 Å². The van der Waals surface area contributed by atoms with Gasteiger partial charge in [-0.2, -0.15) is 0 Å². The Morgan fingerprint density at radius 2 is 1.80 bits per heavy atom. The van der Waals surface area contributed by atoms with E-state index in [0.717, 1.165) is 37.2 Å². The number of ether oxygens (including phenoxy) is 4. The third-order valence-electron chi connectivity index (χ3n) is 6.48. The molecule has 1 atom stereocenters. The maximum Gasteiger partial charge on any atom is 0.242 e. The Kier molecular flexibility index (Phi) is 8.00. The van der Waals surface area contributed by atoms with E-state index in [1.165, 1.54) is 0 Å². The molecule has 1 unspecified atom stereocenters. The predicted molar refractivity (Wildman–Crippen MR) is 131 cm³/mol. The van der Waals surface area contributed by atoms with Crippen LogP contribution in [0.25, 0.3) is 0 Å². The maximum atomic E-state index is 12.9. The average Bonchev–Trinajstić information content (AvgIpc) is 3.28. The van der Waals surface area contributed by atoms with Crippen LogP contribution in [0.15, 0.2) is 12.1 Å². The van der Waals surface area contributed by atoms with Gasteiger partial charge in [0.25, 0.3) is 0 Å². The van der Waals surface area contributed by atoms with E-state index in [4.69, 9.17) is 18.9 Å². The third-order valence-corrected chi connectivity index (χ3v) is 6.48. The zero-order valence-corrected chi connectivity index (χ0v) is 21.5. The zero-order chi connectivity index (χ0) is 24.9. The number of methoxy groups -OCH3 is 3. The Labute approximate surface area is 207 Å². The van der Waals surface area contributed by atoms with Crippen LogP contribution in [0.4, 0.5) is 5.95 Å². The van der Waals surface area contributed by atoms with Crippen molar-refractivity contribution in [3.05, 3.63) is 23.5 Å². The van der Waals surface area contributed by atoms with E-state index in [0.29, 0.717) is 55.4 Å². The molecule has 1 aromatic carbocycles. The molecule has 2 saturated heterocycles. The maximum absolute atomic E-state index is 12.9. The molecule has 1 aromatic heterocycles. The van der Waals surface area contributed by atoms with Crippen molar-refractivity contribution in [2.24, 2.45) is 5.92 Å². The van der Waals surface area contributed by atoms with Gasteiger partial charge in [-0.05, 0) is 42.9 Å². The first-order chi connectivity index (χ1) is 16.9. The Balaban J connectivity index is 1.67. The number of anilines is 1. The van der Waals surface area contributed by atoms with Gasteiger partial charge in [0.2, 0.25) is 17.6 Å². The van der Waals surface area contributed by atoms with E-state index < -0.39 is 0 Å². The van der Waals surface area contributed by atoms with Gasteiger partial charge < -0.3 is 28.7 Å². The number of rotatable bonds is 9. The van der Waals surface area contributed by atoms with E-state index in [1.807, 2.05) is 21.9 Å². The van der Waals surface area contributed by atoms with Gasteiger partial charge in [0, 0.05) is 26.2 Å². The van der Waals surface area contributed by atoms with Crippen LogP contribution in [0, 0.1) is 5.92 Å². The summed E-state index contributed by atoms with van der Waals surface area (Å²) in [5, 5.41) is 9.11. The summed E-state index contributed by atoms with van der Waals surface area (Å²) in [6.45, 7) is 7.88. The Morgan fingerprint density at radius 1 is 1.06 bits per heavy atom. The second kappa shape index (κ2) is 11.2. The highest BCUT2D eigenvalue weighted by Gasteiger charge is 2.31. The lowest BCUT2D eigenvalue weighted by molar-refractivity contribution is -0.131. The van der Waals surface area contributed by atoms with Gasteiger partial charge >= 0.3 is 0 Å². The van der Waals surface area contributed by atoms with Crippen molar-refractivity contribution in [3.8, 4) is 17.2 Å². The van der Waals surface area contributed by atoms with Crippen LogP contribution in [0.5, 0.6) is 17.2 Å². The van der Waals surface area contributed by atoms with Crippen LogP contribution in [-0.4, -0.2) is 79.7 Å². The molecule has 4 rings (SSSR count). The van der Waals surface area contributed by atoms with Gasteiger partial charge in [0.1, 0.15) is 6.10 Å². The molecule has 1 amide bonds. The molecule has 192 valence electrons. The minimum Gasteiger partial charge on any atom is -0.493 e. The van der Waals surface area contributed by atoms with E-state index >= 15 is 0 Å². The Morgan fingerprint density at radius 3 is 2.37 bits per heavy atom. The summed E-state index contributed by atoms with van der Waals surface area (Å²) < 4.78 is 24.7. The molecule has 10 heteroatoms. The van der Waals surface area contributed by atoms with Crippen LogP contribution in [0.1, 0.15) is 50.6 Å². The summed E-state index contributed by atoms with van der Waals surface area (Å²) in [5.41, 5.74) is 0.947. The molecule has 0 aliphatic carbocycles. The average molecular weight is 488 g/mol. The minimum atomic E-state index is -0.120. The molecule has 0 saturated carbocycles. The molecular weight excluding hydrogens is 450 g/mol. The molecule has 2 fully saturated rings. The van der Waals surface area contributed by atoms with Crippen molar-refractivity contribution in [2.45, 2.75) is 45.8 Å². The molecule has 0 spiro atoms. The first-order valence-corrected chi connectivity index (χ1v) is 12.3. The van der Waals surface area contributed by atoms with Crippen LogP contribution in [-0.2, 0) is 16.1 Å². The van der Waals surface area contributed by atoms with E-state index in [1.54, 1.807) is 21.3 Å². The molecule has 35 heavy (non-hydrogen) atoms. The lowest BCUT2D eigenvalue weighted by atomic mass is 10.1. The zero-order valence-electron chi connectivity index (χ0n) is 21.5. The summed E-state index contributed by atoms with van der Waals surface area (Å²) in [7, 11) is 4.80. The fraction of sp³-hybridized carbons (Fsp3) is 0.640. The highest BCUT2D eigenvalue weighted by atomic mass is 16.5. The summed E-state index contributed by atoms with van der Waals surface area (Å²) >= 11 is 0. The smallest absolute Gasteiger partial charge is 0.242 e. The first kappa shape index (κ1) is 25.1. The van der Waals surface area contributed by atoms with Crippen molar-refractivity contribution in [3.63, 3.8) is 0 Å². The normalized spacial score (nSPS) is 18.8. The first-order valence-electron chi connectivity index (χ1n) is 12.3. The van der Waals surface area contributed by atoms with Crippen molar-refractivity contribution in [1.29, 1.82) is 0 Å². The summed E-state index contributed by atoms with van der Waals surface area (Å²) in [4.78, 5) is 16.8. The summed E-state index contributed by atoms with van der Waals surface area (Å²) in [5.74, 6) is 3.73. The van der Waals surface area contributed by atoms with Gasteiger partial charge in [-0.15, -0.1) is 10.2 Å². The molecule has 2 aromatic rings. The van der Waals surface area contributed by atoms with Gasteiger partial charge in [0.05, 0.1) is 34.4 Å². The second-order valence-electron chi connectivity index (χ2n) is 9.49. The molecular formula is C25H37N5O5. The lowest BCUT2D eigenvalue weighted by Crippen LogP contribution is -2.52. The number of carbonyl (C=O) groups excluding carboxylic acids is 1. The van der Waals surface area contributed by atoms with Gasteiger partial charge in [-0.1, -0.05) is 13.8 Å². The van der Waals surface area contributed by atoms with E-state index in [2.05, 4.69) is 28.6 Å². The topological polar surface area (TPSA) is 91.2 Å². The van der Waals surface area contributed by atoms with Crippen molar-refractivity contribution < 1.29 is 23.7 Å². The third kappa shape index (κ3) is 5.47. The molecule has 0 bridgehead atoms. The molecule has 10 nitrogen and oxygen atoms in total. The van der Waals surface area contributed by atoms with Crippen LogP contribution >= 0.6 is 0 Å². The molecule has 3 heterocycles. The number of hydrogen-bond donors (Lipinski definition) is 0. The van der Waals surface area contributed by atoms with E-state index in [-0.39, 0.29) is 18.6 Å². The largest absolute Gasteiger partial charge is 0.493 e.